The highest BCUT2D eigenvalue weighted by Gasteiger charge is 2.31. The molecule has 2 aliphatic rings. The van der Waals surface area contributed by atoms with E-state index in [0.717, 1.165) is 16.9 Å². The van der Waals surface area contributed by atoms with Crippen molar-refractivity contribution in [2.75, 3.05) is 44.3 Å². The first-order valence-electron chi connectivity index (χ1n) is 12.0. The zero-order valence-corrected chi connectivity index (χ0v) is 19.8. The zero-order valence-electron chi connectivity index (χ0n) is 19.8. The summed E-state index contributed by atoms with van der Waals surface area (Å²) < 4.78 is 23.0. The number of hydrogen-bond acceptors (Lipinski definition) is 7. The molecule has 11 heteroatoms. The number of amides is 1. The number of anilines is 1. The fourth-order valence-electron chi connectivity index (χ4n) is 4.90. The summed E-state index contributed by atoms with van der Waals surface area (Å²) in [5.74, 6) is 1.94. The van der Waals surface area contributed by atoms with Gasteiger partial charge in [0.15, 0.2) is 17.0 Å². The van der Waals surface area contributed by atoms with Crippen molar-refractivity contribution in [1.29, 1.82) is 0 Å². The van der Waals surface area contributed by atoms with Crippen LogP contribution in [0.3, 0.4) is 0 Å². The predicted molar refractivity (Wildman–Crippen MR) is 129 cm³/mol. The Morgan fingerprint density at radius 2 is 1.91 bits per heavy atom. The van der Waals surface area contributed by atoms with Gasteiger partial charge in [0.1, 0.15) is 12.0 Å². The molecule has 0 radical (unpaired) electrons. The largest absolute Gasteiger partial charge is 0.378 e. The summed E-state index contributed by atoms with van der Waals surface area (Å²) >= 11 is 0. The van der Waals surface area contributed by atoms with Crippen LogP contribution in [0, 0.1) is 0 Å². The number of rotatable bonds is 4. The summed E-state index contributed by atoms with van der Waals surface area (Å²) in [6.07, 6.45) is 0.0646. The van der Waals surface area contributed by atoms with Crippen molar-refractivity contribution in [3.05, 3.63) is 35.9 Å². The number of para-hydroxylation sites is 2. The molecule has 182 valence electrons. The summed E-state index contributed by atoms with van der Waals surface area (Å²) in [4.78, 5) is 36.2. The lowest BCUT2D eigenvalue weighted by Crippen LogP contribution is -2.37. The van der Waals surface area contributed by atoms with Crippen molar-refractivity contribution in [3.63, 3.8) is 0 Å². The van der Waals surface area contributed by atoms with Crippen molar-refractivity contribution < 1.29 is 13.9 Å². The van der Waals surface area contributed by atoms with Crippen LogP contribution in [0.15, 0.2) is 24.3 Å². The maximum Gasteiger partial charge on any atom is 0.290 e. The lowest BCUT2D eigenvalue weighted by Gasteiger charge is -2.28. The number of hydrogen-bond donors (Lipinski definition) is 0. The molecule has 0 aliphatic carbocycles. The molecule has 6 rings (SSSR count). The van der Waals surface area contributed by atoms with Gasteiger partial charge in [-0.2, -0.15) is 9.97 Å². The van der Waals surface area contributed by atoms with Crippen molar-refractivity contribution in [3.8, 4) is 5.95 Å². The second-order valence-corrected chi connectivity index (χ2v) is 8.96. The molecule has 5 heterocycles. The fraction of sp³-hybridized carbons (Fsp3) is 0.458. The van der Waals surface area contributed by atoms with Gasteiger partial charge in [0.2, 0.25) is 11.8 Å². The topological polar surface area (TPSA) is 94.2 Å². The number of fused-ring (bicyclic) bond motifs is 2. The molecule has 2 fully saturated rings. The Kier molecular flexibility index (Phi) is 5.36. The number of morpholine rings is 1. The van der Waals surface area contributed by atoms with Crippen LogP contribution in [0.5, 0.6) is 0 Å². The van der Waals surface area contributed by atoms with E-state index in [1.165, 1.54) is 4.90 Å². The quantitative estimate of drug-likeness (QED) is 0.444. The highest BCUT2D eigenvalue weighted by molar-refractivity contribution is 5.96. The Morgan fingerprint density at radius 1 is 1.11 bits per heavy atom. The van der Waals surface area contributed by atoms with Crippen LogP contribution >= 0.6 is 0 Å². The summed E-state index contributed by atoms with van der Waals surface area (Å²) in [5.41, 5.74) is 2.90. The maximum atomic E-state index is 13.8. The molecule has 0 unspecified atom stereocenters. The molecule has 0 spiro atoms. The highest BCUT2D eigenvalue weighted by Crippen LogP contribution is 2.29. The van der Waals surface area contributed by atoms with Gasteiger partial charge in [0.25, 0.3) is 5.91 Å². The van der Waals surface area contributed by atoms with Crippen LogP contribution in [0.25, 0.3) is 28.1 Å². The third-order valence-electron chi connectivity index (χ3n) is 6.75. The molecule has 0 bridgehead atoms. The van der Waals surface area contributed by atoms with Crippen LogP contribution in [0.2, 0.25) is 0 Å². The molecule has 1 aromatic carbocycles. The van der Waals surface area contributed by atoms with Crippen LogP contribution in [0.1, 0.15) is 29.8 Å². The van der Waals surface area contributed by atoms with Gasteiger partial charge in [-0.25, -0.2) is 14.4 Å². The van der Waals surface area contributed by atoms with Crippen LogP contribution in [0.4, 0.5) is 10.2 Å². The third kappa shape index (κ3) is 3.61. The van der Waals surface area contributed by atoms with E-state index >= 15 is 0 Å². The molecular weight excluding hydrogens is 451 g/mol. The third-order valence-corrected chi connectivity index (χ3v) is 6.75. The molecule has 2 saturated heterocycles. The van der Waals surface area contributed by atoms with Gasteiger partial charge in [-0.15, -0.1) is 0 Å². The molecule has 1 atom stereocenters. The van der Waals surface area contributed by atoms with Crippen molar-refractivity contribution in [2.24, 2.45) is 7.05 Å². The van der Waals surface area contributed by atoms with Gasteiger partial charge in [-0.1, -0.05) is 19.1 Å². The Balaban J connectivity index is 1.56. The number of likely N-dealkylation sites (tertiary alicyclic amines) is 1. The predicted octanol–water partition coefficient (Wildman–Crippen LogP) is 2.29. The zero-order chi connectivity index (χ0) is 24.1. The molecule has 10 nitrogen and oxygen atoms in total. The first-order chi connectivity index (χ1) is 17.0. The van der Waals surface area contributed by atoms with Gasteiger partial charge in [-0.05, 0) is 18.6 Å². The van der Waals surface area contributed by atoms with E-state index in [-0.39, 0.29) is 18.3 Å². The van der Waals surface area contributed by atoms with Gasteiger partial charge in [0, 0.05) is 33.1 Å². The van der Waals surface area contributed by atoms with Crippen LogP contribution in [-0.4, -0.2) is 85.4 Å². The highest BCUT2D eigenvalue weighted by atomic mass is 19.1. The molecular formula is C24H27FN8O2. The number of benzene rings is 1. The molecule has 4 aromatic rings. The number of imidazole rings is 2. The monoisotopic (exact) mass is 478 g/mol. The molecule has 1 amide bonds. The van der Waals surface area contributed by atoms with E-state index in [0.29, 0.717) is 68.6 Å². The van der Waals surface area contributed by atoms with Gasteiger partial charge in [0.05, 0.1) is 30.8 Å². The van der Waals surface area contributed by atoms with Crippen LogP contribution < -0.4 is 4.90 Å². The number of alkyl halides is 1. The lowest BCUT2D eigenvalue weighted by atomic mass is 10.3. The van der Waals surface area contributed by atoms with Gasteiger partial charge < -0.3 is 19.1 Å². The van der Waals surface area contributed by atoms with Gasteiger partial charge in [-0.3, -0.25) is 9.36 Å². The van der Waals surface area contributed by atoms with Crippen LogP contribution in [-0.2, 0) is 18.2 Å². The molecule has 35 heavy (non-hydrogen) atoms. The number of aryl methyl sites for hydroxylation is 2. The standard InChI is InChI=1S/C24H27FN8O2/c1-3-18-26-16-6-4-5-7-17(16)33(18)24-28-20-19(21(29-24)31-10-12-35-13-11-31)27-22(30(20)2)23(34)32-9-8-15(25)14-32/h4-7,15H,3,8-14H2,1-2H3/t15-/m1/s1. The Morgan fingerprint density at radius 3 is 2.66 bits per heavy atom. The summed E-state index contributed by atoms with van der Waals surface area (Å²) in [7, 11) is 1.78. The average Bonchev–Trinajstić information content (AvgIpc) is 3.58. The van der Waals surface area contributed by atoms with Crippen molar-refractivity contribution in [1.82, 2.24) is 34.0 Å². The first-order valence-corrected chi connectivity index (χ1v) is 12.0. The number of halogens is 1. The number of ether oxygens (including phenoxy) is 1. The second kappa shape index (κ2) is 8.56. The summed E-state index contributed by atoms with van der Waals surface area (Å²) in [5, 5.41) is 0. The maximum absolute atomic E-state index is 13.8. The minimum absolute atomic E-state index is 0.0934. The first kappa shape index (κ1) is 21.9. The van der Waals surface area contributed by atoms with E-state index in [4.69, 9.17) is 24.7 Å². The van der Waals surface area contributed by atoms with Crippen molar-refractivity contribution >= 4 is 33.9 Å². The molecule has 0 N–H and O–H groups in total. The van der Waals surface area contributed by atoms with E-state index in [1.54, 1.807) is 11.6 Å². The Bertz CT molecular complexity index is 1420. The Hall–Kier alpha value is -3.60. The number of carbonyl (C=O) groups excluding carboxylic acids is 1. The Labute approximate surface area is 201 Å². The van der Waals surface area contributed by atoms with Gasteiger partial charge >= 0.3 is 0 Å². The smallest absolute Gasteiger partial charge is 0.290 e. The normalized spacial score (nSPS) is 18.8. The van der Waals surface area contributed by atoms with E-state index in [1.807, 2.05) is 35.8 Å². The SMILES string of the molecule is CCc1nc2ccccc2n1-c1nc(N2CCOCC2)c2nc(C(=O)N3CC[C@@H](F)C3)n(C)c2n1. The molecule has 2 aliphatic heterocycles. The van der Waals surface area contributed by atoms with E-state index in [9.17, 15) is 9.18 Å². The summed E-state index contributed by atoms with van der Waals surface area (Å²) in [6, 6.07) is 7.90. The minimum Gasteiger partial charge on any atom is -0.378 e. The van der Waals surface area contributed by atoms with E-state index in [2.05, 4.69) is 4.90 Å². The molecule has 3 aromatic heterocycles. The number of nitrogens with zero attached hydrogens (tertiary/aromatic N) is 8. The molecule has 0 saturated carbocycles. The van der Waals surface area contributed by atoms with E-state index < -0.39 is 6.17 Å². The average molecular weight is 479 g/mol. The fourth-order valence-corrected chi connectivity index (χ4v) is 4.90. The number of carbonyl (C=O) groups is 1. The lowest BCUT2D eigenvalue weighted by molar-refractivity contribution is 0.0767. The number of aromatic nitrogens is 6. The summed E-state index contributed by atoms with van der Waals surface area (Å²) in [6.45, 7) is 5.01. The van der Waals surface area contributed by atoms with Crippen molar-refractivity contribution in [2.45, 2.75) is 25.9 Å². The minimum atomic E-state index is -0.995. The second-order valence-electron chi connectivity index (χ2n) is 8.96.